The maximum absolute atomic E-state index is 13.1. The molecule has 3 amide bonds. The third kappa shape index (κ3) is 4.40. The maximum Gasteiger partial charge on any atom is 0.342 e. The lowest BCUT2D eigenvalue weighted by Crippen LogP contribution is -2.60. The van der Waals surface area contributed by atoms with Crippen LogP contribution in [-0.2, 0) is 9.53 Å². The van der Waals surface area contributed by atoms with E-state index in [1.807, 2.05) is 0 Å². The molecule has 0 spiro atoms. The van der Waals surface area contributed by atoms with Crippen LogP contribution in [0.4, 0.5) is 4.79 Å². The number of nitrogens with zero attached hydrogens (tertiary/aromatic N) is 2. The molecule has 0 aromatic heterocycles. The molecule has 2 saturated heterocycles. The van der Waals surface area contributed by atoms with Crippen LogP contribution in [0.2, 0.25) is 0 Å². The van der Waals surface area contributed by atoms with Crippen LogP contribution in [0.5, 0.6) is 0 Å². The lowest BCUT2D eigenvalue weighted by molar-refractivity contribution is -0.151. The van der Waals surface area contributed by atoms with Gasteiger partial charge >= 0.3 is 18.0 Å². The third-order valence-corrected chi connectivity index (χ3v) is 5.60. The fraction of sp³-hybridized carbons (Fsp3) is 0.524. The minimum atomic E-state index is -1.21. The second-order valence-electron chi connectivity index (χ2n) is 8.88. The molecule has 2 bridgehead atoms. The van der Waals surface area contributed by atoms with Gasteiger partial charge in [0.1, 0.15) is 11.5 Å². The number of carbonyl (C=O) groups is 4. The Morgan fingerprint density at radius 3 is 2.32 bits per heavy atom. The van der Waals surface area contributed by atoms with E-state index in [4.69, 9.17) is 10.6 Å². The van der Waals surface area contributed by atoms with Crippen molar-refractivity contribution in [1.29, 1.82) is 0 Å². The summed E-state index contributed by atoms with van der Waals surface area (Å²) in [5, 5.41) is 20.0. The molecule has 2 fully saturated rings. The molecule has 2 heterocycles. The lowest BCUT2D eigenvalue weighted by atomic mass is 9.87. The Labute approximate surface area is 179 Å². The van der Waals surface area contributed by atoms with Crippen molar-refractivity contribution in [3.8, 4) is 0 Å². The fourth-order valence-corrected chi connectivity index (χ4v) is 4.33. The van der Waals surface area contributed by atoms with Crippen LogP contribution in [0.1, 0.15) is 60.7 Å². The zero-order chi connectivity index (χ0) is 23.1. The molecule has 10 heteroatoms. The fourth-order valence-electron chi connectivity index (χ4n) is 4.33. The molecule has 2 aliphatic rings. The van der Waals surface area contributed by atoms with Gasteiger partial charge < -0.3 is 19.8 Å². The van der Waals surface area contributed by atoms with Crippen LogP contribution in [0, 0.1) is 5.92 Å². The zero-order valence-electron chi connectivity index (χ0n) is 17.6. The summed E-state index contributed by atoms with van der Waals surface area (Å²) in [7, 11) is 0. The van der Waals surface area contributed by atoms with E-state index in [2.05, 4.69) is 0 Å². The summed E-state index contributed by atoms with van der Waals surface area (Å²) in [6.45, 7) is 5.06. The average molecular weight is 433 g/mol. The van der Waals surface area contributed by atoms with E-state index < -0.39 is 53.6 Å². The van der Waals surface area contributed by atoms with Crippen LogP contribution < -0.4 is 5.84 Å². The van der Waals surface area contributed by atoms with Gasteiger partial charge in [0.2, 0.25) is 0 Å². The number of carbonyl (C=O) groups excluding carboxylic acids is 3. The third-order valence-electron chi connectivity index (χ3n) is 5.60. The van der Waals surface area contributed by atoms with Crippen molar-refractivity contribution in [2.24, 2.45) is 11.8 Å². The molecule has 0 aliphatic carbocycles. The summed E-state index contributed by atoms with van der Waals surface area (Å²) in [4.78, 5) is 51.5. The van der Waals surface area contributed by atoms with Crippen molar-refractivity contribution in [3.63, 3.8) is 0 Å². The van der Waals surface area contributed by atoms with Gasteiger partial charge in [-0.3, -0.25) is 9.59 Å². The number of ether oxygens (including phenoxy) is 1. The Bertz CT molecular complexity index is 910. The number of fused-ring (bicyclic) bond motifs is 2. The monoisotopic (exact) mass is 433 g/mol. The molecule has 4 atom stereocenters. The predicted octanol–water partition coefficient (Wildman–Crippen LogP) is 1.38. The molecule has 0 saturated carbocycles. The SMILES string of the molecule is CC(C)(C)OC(=O)c1ccccc1C(=O)N(N)C(=O)N1[C@H]2CC[C@@H]1[C@@H](C(=O)O)[C@@H](O)C2. The number of benzene rings is 1. The number of urea groups is 1. The van der Waals surface area contributed by atoms with E-state index in [0.717, 1.165) is 0 Å². The molecule has 0 radical (unpaired) electrons. The van der Waals surface area contributed by atoms with E-state index >= 15 is 0 Å². The minimum Gasteiger partial charge on any atom is -0.481 e. The van der Waals surface area contributed by atoms with E-state index in [1.165, 1.54) is 23.1 Å². The number of carboxylic acid groups (broad SMARTS) is 1. The van der Waals surface area contributed by atoms with Crippen LogP contribution in [0.25, 0.3) is 0 Å². The van der Waals surface area contributed by atoms with Gasteiger partial charge in [0.05, 0.1) is 17.2 Å². The Morgan fingerprint density at radius 2 is 1.74 bits per heavy atom. The highest BCUT2D eigenvalue weighted by molar-refractivity contribution is 6.10. The largest absolute Gasteiger partial charge is 0.481 e. The lowest BCUT2D eigenvalue weighted by Gasteiger charge is -2.41. The van der Waals surface area contributed by atoms with E-state index in [-0.39, 0.29) is 17.5 Å². The Kier molecular flexibility index (Phi) is 6.06. The van der Waals surface area contributed by atoms with Crippen molar-refractivity contribution >= 4 is 23.9 Å². The number of hydrazine groups is 1. The van der Waals surface area contributed by atoms with Crippen molar-refractivity contribution < 1.29 is 34.1 Å². The summed E-state index contributed by atoms with van der Waals surface area (Å²) in [5.74, 6) is 1.85. The van der Waals surface area contributed by atoms with Gasteiger partial charge in [-0.1, -0.05) is 12.1 Å². The van der Waals surface area contributed by atoms with Gasteiger partial charge in [0.15, 0.2) is 0 Å². The molecule has 3 rings (SSSR count). The first-order chi connectivity index (χ1) is 14.4. The number of hydrogen-bond donors (Lipinski definition) is 3. The highest BCUT2D eigenvalue weighted by Gasteiger charge is 2.53. The Balaban J connectivity index is 1.85. The van der Waals surface area contributed by atoms with Gasteiger partial charge in [0, 0.05) is 12.1 Å². The smallest absolute Gasteiger partial charge is 0.342 e. The first-order valence-electron chi connectivity index (χ1n) is 10.1. The number of imide groups is 1. The topological polar surface area (TPSA) is 150 Å². The number of amides is 3. The molecular weight excluding hydrogens is 406 g/mol. The molecule has 0 unspecified atom stereocenters. The van der Waals surface area contributed by atoms with E-state index in [1.54, 1.807) is 26.8 Å². The highest BCUT2D eigenvalue weighted by atomic mass is 16.6. The number of rotatable bonds is 3. The molecule has 10 nitrogen and oxygen atoms in total. The number of aliphatic carboxylic acids is 1. The minimum absolute atomic E-state index is 0.0360. The Morgan fingerprint density at radius 1 is 1.13 bits per heavy atom. The first kappa shape index (κ1) is 22.7. The average Bonchev–Trinajstić information content (AvgIpc) is 2.98. The van der Waals surface area contributed by atoms with Crippen LogP contribution >= 0.6 is 0 Å². The molecule has 31 heavy (non-hydrogen) atoms. The van der Waals surface area contributed by atoms with E-state index in [0.29, 0.717) is 17.9 Å². The summed E-state index contributed by atoms with van der Waals surface area (Å²) in [5.41, 5.74) is -0.927. The summed E-state index contributed by atoms with van der Waals surface area (Å²) < 4.78 is 5.33. The van der Waals surface area contributed by atoms with Crippen molar-refractivity contribution in [2.75, 3.05) is 0 Å². The maximum atomic E-state index is 13.1. The zero-order valence-corrected chi connectivity index (χ0v) is 17.6. The quantitative estimate of drug-likeness (QED) is 0.280. The highest BCUT2D eigenvalue weighted by Crippen LogP contribution is 2.40. The van der Waals surface area contributed by atoms with Crippen LogP contribution in [0.3, 0.4) is 0 Å². The normalized spacial score (nSPS) is 25.1. The number of esters is 1. The predicted molar refractivity (Wildman–Crippen MR) is 108 cm³/mol. The molecule has 2 aliphatic heterocycles. The van der Waals surface area contributed by atoms with Gasteiger partial charge in [-0.25, -0.2) is 15.4 Å². The summed E-state index contributed by atoms with van der Waals surface area (Å²) in [6, 6.07) is 3.81. The van der Waals surface area contributed by atoms with E-state index in [9.17, 15) is 29.4 Å². The second kappa shape index (κ2) is 8.27. The summed E-state index contributed by atoms with van der Waals surface area (Å²) >= 11 is 0. The van der Waals surface area contributed by atoms with Crippen LogP contribution in [0.15, 0.2) is 24.3 Å². The molecule has 1 aromatic rings. The molecular formula is C21H27N3O7. The Hall–Kier alpha value is -2.98. The van der Waals surface area contributed by atoms with Gasteiger partial charge in [-0.15, -0.1) is 0 Å². The molecule has 4 N–H and O–H groups in total. The van der Waals surface area contributed by atoms with Crippen molar-refractivity contribution in [3.05, 3.63) is 35.4 Å². The number of aliphatic hydroxyl groups excluding tert-OH is 1. The number of aliphatic hydroxyl groups is 1. The van der Waals surface area contributed by atoms with Crippen molar-refractivity contribution in [1.82, 2.24) is 9.91 Å². The first-order valence-corrected chi connectivity index (χ1v) is 10.1. The second-order valence-corrected chi connectivity index (χ2v) is 8.88. The van der Waals surface area contributed by atoms with Crippen LogP contribution in [-0.4, -0.2) is 67.8 Å². The number of piperidine rings is 1. The number of hydrogen-bond acceptors (Lipinski definition) is 7. The number of nitrogens with two attached hydrogens (primary N) is 1. The standard InChI is InChI=1S/C21H27N3O7/c1-21(2,3)31-19(29)13-7-5-4-6-12(13)17(26)24(22)20(30)23-11-8-9-14(23)16(18(27)28)15(25)10-11/h4-7,11,14-16,25H,8-10,22H2,1-3H3,(H,27,28)/t11-,14+,15-,16+/m0/s1. The van der Waals surface area contributed by atoms with Gasteiger partial charge in [0.25, 0.3) is 5.91 Å². The molecule has 168 valence electrons. The van der Waals surface area contributed by atoms with Gasteiger partial charge in [-0.05, 0) is 52.2 Å². The molecule has 1 aromatic carbocycles. The van der Waals surface area contributed by atoms with Crippen molar-refractivity contribution in [2.45, 2.75) is 63.8 Å². The summed E-state index contributed by atoms with van der Waals surface area (Å²) in [6.07, 6.45) is -0.0846. The van der Waals surface area contributed by atoms with Gasteiger partial charge in [-0.2, -0.15) is 5.01 Å². The number of carboxylic acids is 1.